The first-order valence-electron chi connectivity index (χ1n) is 7.49. The number of nitrogens with zero attached hydrogens (tertiary/aromatic N) is 1. The average molecular weight is 297 g/mol. The molecule has 1 heterocycles. The number of aliphatic carboxylic acids is 1. The summed E-state index contributed by atoms with van der Waals surface area (Å²) in [6, 6.07) is 0. The van der Waals surface area contributed by atoms with Crippen molar-refractivity contribution in [3.8, 4) is 0 Å². The fourth-order valence-electron chi connectivity index (χ4n) is 3.39. The molecule has 2 aliphatic rings. The van der Waals surface area contributed by atoms with Crippen molar-refractivity contribution in [3.05, 3.63) is 0 Å². The smallest absolute Gasteiger partial charge is 0.310 e. The first-order valence-corrected chi connectivity index (χ1v) is 7.49. The molecule has 0 unspecified atom stereocenters. The van der Waals surface area contributed by atoms with E-state index in [1.54, 1.807) is 25.7 Å². The molecule has 118 valence electrons. The lowest BCUT2D eigenvalue weighted by molar-refractivity contribution is -0.152. The van der Waals surface area contributed by atoms with Crippen LogP contribution in [0.25, 0.3) is 0 Å². The van der Waals surface area contributed by atoms with Crippen LogP contribution in [0.4, 0.5) is 0 Å². The number of hydrogen-bond donors (Lipinski definition) is 1. The van der Waals surface area contributed by atoms with Gasteiger partial charge in [-0.05, 0) is 25.2 Å². The molecule has 0 bridgehead atoms. The van der Waals surface area contributed by atoms with Gasteiger partial charge in [0.1, 0.15) is 0 Å². The highest BCUT2D eigenvalue weighted by Gasteiger charge is 2.66. The van der Waals surface area contributed by atoms with E-state index in [9.17, 15) is 19.5 Å². The van der Waals surface area contributed by atoms with Crippen molar-refractivity contribution in [1.82, 2.24) is 4.90 Å². The molecular weight excluding hydrogens is 274 g/mol. The van der Waals surface area contributed by atoms with Gasteiger partial charge in [0.2, 0.25) is 5.91 Å². The average Bonchev–Trinajstić information content (AvgIpc) is 3.01. The minimum absolute atomic E-state index is 0.138. The number of carboxylic acids is 1. The maximum atomic E-state index is 12.5. The van der Waals surface area contributed by atoms with Crippen molar-refractivity contribution in [2.24, 2.45) is 23.2 Å². The summed E-state index contributed by atoms with van der Waals surface area (Å²) in [6.07, 6.45) is 1.47. The number of carbonyl (C=O) groups excluding carboxylic acids is 2. The van der Waals surface area contributed by atoms with Crippen LogP contribution in [0, 0.1) is 23.2 Å². The molecule has 1 amide bonds. The molecule has 1 aliphatic carbocycles. The van der Waals surface area contributed by atoms with Gasteiger partial charge in [0.05, 0.1) is 24.4 Å². The molecule has 2 fully saturated rings. The summed E-state index contributed by atoms with van der Waals surface area (Å²) in [4.78, 5) is 37.2. The van der Waals surface area contributed by atoms with E-state index in [4.69, 9.17) is 4.74 Å². The van der Waals surface area contributed by atoms with Crippen LogP contribution in [0.2, 0.25) is 0 Å². The third kappa shape index (κ3) is 2.89. The van der Waals surface area contributed by atoms with E-state index >= 15 is 0 Å². The van der Waals surface area contributed by atoms with Crippen molar-refractivity contribution >= 4 is 17.8 Å². The van der Waals surface area contributed by atoms with Crippen LogP contribution < -0.4 is 0 Å². The Bertz CT molecular complexity index is 459. The number of rotatable bonds is 4. The minimum Gasteiger partial charge on any atom is -0.481 e. The molecule has 0 aromatic carbocycles. The Morgan fingerprint density at radius 1 is 1.29 bits per heavy atom. The van der Waals surface area contributed by atoms with Gasteiger partial charge in [-0.25, -0.2) is 0 Å². The molecule has 6 nitrogen and oxygen atoms in total. The van der Waals surface area contributed by atoms with Crippen LogP contribution in [0.1, 0.15) is 33.6 Å². The summed E-state index contributed by atoms with van der Waals surface area (Å²) >= 11 is 0. The summed E-state index contributed by atoms with van der Waals surface area (Å²) in [6.45, 7) is 6.64. The molecule has 0 spiro atoms. The standard InChI is InChI=1S/C15H23NO5/c1-4-21-14(20)9-6-5-7-16(8-9)12(17)10-11(13(18)19)15(10,2)3/h9-11H,4-8H2,1-3H3,(H,18,19)/t9-,10-,11-/m1/s1. The van der Waals surface area contributed by atoms with Crippen molar-refractivity contribution in [1.29, 1.82) is 0 Å². The Kier molecular flexibility index (Phi) is 4.25. The predicted octanol–water partition coefficient (Wildman–Crippen LogP) is 1.14. The van der Waals surface area contributed by atoms with E-state index in [0.29, 0.717) is 19.7 Å². The molecule has 1 saturated carbocycles. The Balaban J connectivity index is 2.00. The zero-order valence-corrected chi connectivity index (χ0v) is 12.8. The highest BCUT2D eigenvalue weighted by Crippen LogP contribution is 2.59. The van der Waals surface area contributed by atoms with Crippen LogP contribution in [-0.4, -0.2) is 47.5 Å². The van der Waals surface area contributed by atoms with Crippen LogP contribution in [-0.2, 0) is 19.1 Å². The third-order valence-corrected chi connectivity index (χ3v) is 4.71. The number of ether oxygens (including phenoxy) is 1. The number of piperidine rings is 1. The molecule has 0 aromatic rings. The SMILES string of the molecule is CCOC(=O)[C@@H]1CCCN(C(=O)[C@H]2[C@H](C(=O)O)C2(C)C)C1. The number of amides is 1. The normalized spacial score (nSPS) is 30.6. The lowest BCUT2D eigenvalue weighted by atomic mass is 9.97. The van der Waals surface area contributed by atoms with E-state index in [0.717, 1.165) is 12.8 Å². The van der Waals surface area contributed by atoms with E-state index in [-0.39, 0.29) is 17.8 Å². The lowest BCUT2D eigenvalue weighted by Gasteiger charge is -2.32. The van der Waals surface area contributed by atoms with E-state index in [2.05, 4.69) is 0 Å². The molecular formula is C15H23NO5. The van der Waals surface area contributed by atoms with Crippen LogP contribution in [0.3, 0.4) is 0 Å². The van der Waals surface area contributed by atoms with Gasteiger partial charge in [-0.15, -0.1) is 0 Å². The predicted molar refractivity (Wildman–Crippen MR) is 74.3 cm³/mol. The quantitative estimate of drug-likeness (QED) is 0.787. The van der Waals surface area contributed by atoms with Crippen LogP contribution in [0.5, 0.6) is 0 Å². The molecule has 1 saturated heterocycles. The molecule has 0 radical (unpaired) electrons. The molecule has 2 rings (SSSR count). The molecule has 1 N–H and O–H groups in total. The number of likely N-dealkylation sites (tertiary alicyclic amines) is 1. The largest absolute Gasteiger partial charge is 0.481 e. The Hall–Kier alpha value is -1.59. The number of hydrogen-bond acceptors (Lipinski definition) is 4. The monoisotopic (exact) mass is 297 g/mol. The highest BCUT2D eigenvalue weighted by molar-refractivity contribution is 5.92. The zero-order valence-electron chi connectivity index (χ0n) is 12.8. The van der Waals surface area contributed by atoms with E-state index in [1.807, 2.05) is 0 Å². The Morgan fingerprint density at radius 2 is 1.95 bits per heavy atom. The summed E-state index contributed by atoms with van der Waals surface area (Å²) in [7, 11) is 0. The molecule has 3 atom stereocenters. The maximum Gasteiger partial charge on any atom is 0.310 e. The topological polar surface area (TPSA) is 83.9 Å². The van der Waals surface area contributed by atoms with Crippen molar-refractivity contribution in [2.45, 2.75) is 33.6 Å². The summed E-state index contributed by atoms with van der Waals surface area (Å²) in [5.74, 6) is -2.70. The summed E-state index contributed by atoms with van der Waals surface area (Å²) < 4.78 is 5.01. The van der Waals surface area contributed by atoms with Crippen LogP contribution >= 0.6 is 0 Å². The van der Waals surface area contributed by atoms with Gasteiger partial charge in [-0.1, -0.05) is 13.8 Å². The molecule has 0 aromatic heterocycles. The summed E-state index contributed by atoms with van der Waals surface area (Å²) in [5, 5.41) is 9.17. The van der Waals surface area contributed by atoms with E-state index < -0.39 is 23.2 Å². The fourth-order valence-corrected chi connectivity index (χ4v) is 3.39. The molecule has 1 aliphatic heterocycles. The second-order valence-corrected chi connectivity index (χ2v) is 6.49. The zero-order chi connectivity index (χ0) is 15.8. The number of carboxylic acid groups (broad SMARTS) is 1. The first kappa shape index (κ1) is 15.8. The maximum absolute atomic E-state index is 12.5. The van der Waals surface area contributed by atoms with E-state index in [1.165, 1.54) is 0 Å². The van der Waals surface area contributed by atoms with Gasteiger partial charge < -0.3 is 14.7 Å². The van der Waals surface area contributed by atoms with Crippen molar-refractivity contribution in [3.63, 3.8) is 0 Å². The summed E-state index contributed by atoms with van der Waals surface area (Å²) in [5.41, 5.74) is -0.500. The third-order valence-electron chi connectivity index (χ3n) is 4.71. The first-order chi connectivity index (χ1) is 9.80. The van der Waals surface area contributed by atoms with Crippen molar-refractivity contribution < 1.29 is 24.2 Å². The van der Waals surface area contributed by atoms with Gasteiger partial charge in [0.15, 0.2) is 0 Å². The second kappa shape index (κ2) is 5.66. The fraction of sp³-hybridized carbons (Fsp3) is 0.800. The Morgan fingerprint density at radius 3 is 2.48 bits per heavy atom. The molecule has 21 heavy (non-hydrogen) atoms. The van der Waals surface area contributed by atoms with Gasteiger partial charge >= 0.3 is 11.9 Å². The van der Waals surface area contributed by atoms with Crippen molar-refractivity contribution in [2.75, 3.05) is 19.7 Å². The number of esters is 1. The molecule has 6 heteroatoms. The van der Waals surface area contributed by atoms with Gasteiger partial charge in [-0.2, -0.15) is 0 Å². The lowest BCUT2D eigenvalue weighted by Crippen LogP contribution is -2.44. The van der Waals surface area contributed by atoms with Gasteiger partial charge in [0, 0.05) is 13.1 Å². The second-order valence-electron chi connectivity index (χ2n) is 6.49. The minimum atomic E-state index is -0.919. The van der Waals surface area contributed by atoms with Gasteiger partial charge in [-0.3, -0.25) is 14.4 Å². The van der Waals surface area contributed by atoms with Crippen LogP contribution in [0.15, 0.2) is 0 Å². The Labute approximate surface area is 124 Å². The highest BCUT2D eigenvalue weighted by atomic mass is 16.5. The van der Waals surface area contributed by atoms with Gasteiger partial charge in [0.25, 0.3) is 0 Å². The number of carbonyl (C=O) groups is 3.